The number of carbonyl (C=O) groups is 2. The van der Waals surface area contributed by atoms with Gasteiger partial charge in [-0.2, -0.15) is 12.8 Å². The molecule has 0 aromatic rings. The molecule has 0 spiro atoms. The standard InChI is InChI=1S/C13H20O4.C7H11O.CH4O.V/c14-13(9-4-2-1-3-5-9)17-11-8-16-10-6-7-15-12(10)11;8-6-7-4-2-1-3-5-7;1-2;/h9-12H,1-8H2;1,6-7H,2-5H2;2H,1H3;/q;-1;;/t10-,11?,12+;;;/m1.../s1. The normalized spacial score (nSPS) is 29.9. The van der Waals surface area contributed by atoms with Gasteiger partial charge in [-0.15, -0.1) is 0 Å². The molecule has 28 heavy (non-hydrogen) atoms. The van der Waals surface area contributed by atoms with Crippen molar-refractivity contribution in [3.63, 3.8) is 0 Å². The van der Waals surface area contributed by atoms with Gasteiger partial charge >= 0.3 is 5.97 Å². The second-order valence-electron chi connectivity index (χ2n) is 7.65. The Bertz CT molecular complexity index is 435. The summed E-state index contributed by atoms with van der Waals surface area (Å²) in [5.74, 6) is 0.457. The molecule has 0 aromatic heterocycles. The van der Waals surface area contributed by atoms with Crippen LogP contribution in [0.5, 0.6) is 0 Å². The summed E-state index contributed by atoms with van der Waals surface area (Å²) in [5, 5.41) is 7.00. The maximum atomic E-state index is 12.0. The van der Waals surface area contributed by atoms with E-state index >= 15 is 0 Å². The van der Waals surface area contributed by atoms with Crippen LogP contribution in [0.4, 0.5) is 0 Å². The summed E-state index contributed by atoms with van der Waals surface area (Å²) in [7, 11) is 1.00. The van der Waals surface area contributed by atoms with E-state index in [0.717, 1.165) is 77.8 Å². The van der Waals surface area contributed by atoms with Crippen LogP contribution in [-0.2, 0) is 42.4 Å². The van der Waals surface area contributed by atoms with Crippen molar-refractivity contribution >= 4 is 12.3 Å². The van der Waals surface area contributed by atoms with E-state index in [1.54, 1.807) is 0 Å². The average molecular weight is 434 g/mol. The summed E-state index contributed by atoms with van der Waals surface area (Å²) in [5.41, 5.74) is 0. The fourth-order valence-electron chi connectivity index (χ4n) is 4.20. The van der Waals surface area contributed by atoms with E-state index in [2.05, 4.69) is 6.42 Å². The molecule has 4 rings (SSSR count). The Kier molecular flexibility index (Phi) is 13.3. The van der Waals surface area contributed by atoms with Crippen LogP contribution in [0.25, 0.3) is 0 Å². The molecular weight excluding hydrogens is 399 g/mol. The van der Waals surface area contributed by atoms with E-state index in [9.17, 15) is 9.59 Å². The third kappa shape index (κ3) is 7.79. The van der Waals surface area contributed by atoms with Crippen molar-refractivity contribution in [1.82, 2.24) is 0 Å². The molecule has 2 saturated carbocycles. The zero-order valence-corrected chi connectivity index (χ0v) is 18.4. The van der Waals surface area contributed by atoms with Crippen LogP contribution >= 0.6 is 0 Å². The number of aldehydes is 1. The van der Waals surface area contributed by atoms with Gasteiger partial charge in [0.1, 0.15) is 12.4 Å². The number of rotatable bonds is 3. The molecule has 1 radical (unpaired) electrons. The molecule has 2 aliphatic heterocycles. The quantitative estimate of drug-likeness (QED) is 0.418. The Balaban J connectivity index is 0.000000303. The third-order valence-electron chi connectivity index (χ3n) is 5.80. The molecule has 3 atom stereocenters. The number of ether oxygens (including phenoxy) is 3. The van der Waals surface area contributed by atoms with Gasteiger partial charge < -0.3 is 30.5 Å². The van der Waals surface area contributed by atoms with Gasteiger partial charge in [0.2, 0.25) is 0 Å². The fraction of sp³-hybridized carbons (Fsp3) is 0.857. The number of aliphatic hydroxyl groups excluding tert-OH is 1. The maximum absolute atomic E-state index is 12.0. The third-order valence-corrected chi connectivity index (χ3v) is 5.80. The molecule has 2 heterocycles. The number of aliphatic hydroxyl groups is 1. The monoisotopic (exact) mass is 434 g/mol. The van der Waals surface area contributed by atoms with Crippen molar-refractivity contribution < 1.29 is 47.5 Å². The first-order valence-electron chi connectivity index (χ1n) is 10.4. The molecule has 4 aliphatic rings. The average Bonchev–Trinajstić information content (AvgIpc) is 3.36. The number of esters is 1. The van der Waals surface area contributed by atoms with Crippen molar-refractivity contribution in [3.8, 4) is 0 Å². The second kappa shape index (κ2) is 14.6. The number of hydrogen-bond acceptors (Lipinski definition) is 6. The largest absolute Gasteiger partial charge is 0.457 e. The molecule has 1 unspecified atom stereocenters. The van der Waals surface area contributed by atoms with Crippen LogP contribution in [0.3, 0.4) is 0 Å². The summed E-state index contributed by atoms with van der Waals surface area (Å²) >= 11 is 0. The van der Waals surface area contributed by atoms with Gasteiger partial charge in [-0.1, -0.05) is 32.1 Å². The predicted molar refractivity (Wildman–Crippen MR) is 101 cm³/mol. The van der Waals surface area contributed by atoms with Gasteiger partial charge in [-0.05, 0) is 19.3 Å². The number of fused-ring (bicyclic) bond motifs is 1. The fourth-order valence-corrected chi connectivity index (χ4v) is 4.20. The van der Waals surface area contributed by atoms with E-state index in [0.29, 0.717) is 12.5 Å². The van der Waals surface area contributed by atoms with Crippen LogP contribution in [-0.4, -0.2) is 56.0 Å². The van der Waals surface area contributed by atoms with Crippen molar-refractivity contribution in [3.05, 3.63) is 6.42 Å². The summed E-state index contributed by atoms with van der Waals surface area (Å²) in [6.45, 7) is 1.24. The topological polar surface area (TPSA) is 82.1 Å². The molecule has 0 bridgehead atoms. The Hall–Kier alpha value is -0.396. The van der Waals surface area contributed by atoms with Crippen molar-refractivity contribution in [2.75, 3.05) is 20.3 Å². The van der Waals surface area contributed by atoms with Gasteiger partial charge in [0.15, 0.2) is 6.10 Å². The summed E-state index contributed by atoms with van der Waals surface area (Å²) < 4.78 is 16.7. The molecular formula is C21H35O6V-. The van der Waals surface area contributed by atoms with Gasteiger partial charge in [-0.3, -0.25) is 4.79 Å². The Labute approximate surface area is 180 Å². The molecule has 161 valence electrons. The molecule has 2 saturated heterocycles. The van der Waals surface area contributed by atoms with Gasteiger partial charge in [-0.25, -0.2) is 0 Å². The van der Waals surface area contributed by atoms with Crippen molar-refractivity contribution in [2.45, 2.75) is 82.5 Å². The van der Waals surface area contributed by atoms with Crippen LogP contribution in [0.2, 0.25) is 0 Å². The van der Waals surface area contributed by atoms with Crippen LogP contribution in [0, 0.1) is 18.3 Å². The minimum Gasteiger partial charge on any atom is -0.457 e. The Morgan fingerprint density at radius 1 is 1.04 bits per heavy atom. The number of hydrogen-bond donors (Lipinski definition) is 1. The zero-order chi connectivity index (χ0) is 19.5. The van der Waals surface area contributed by atoms with Crippen LogP contribution in [0.1, 0.15) is 64.2 Å². The molecule has 1 N–H and O–H groups in total. The molecule has 2 aliphatic carbocycles. The van der Waals surface area contributed by atoms with E-state index in [1.165, 1.54) is 6.42 Å². The van der Waals surface area contributed by atoms with Crippen LogP contribution < -0.4 is 0 Å². The Morgan fingerprint density at radius 2 is 1.71 bits per heavy atom. The molecule has 7 heteroatoms. The predicted octanol–water partition coefficient (Wildman–Crippen LogP) is 2.85. The second-order valence-corrected chi connectivity index (χ2v) is 7.65. The number of carbonyl (C=O) groups excluding carboxylic acids is 2. The van der Waals surface area contributed by atoms with E-state index in [-0.39, 0.29) is 48.8 Å². The first kappa shape index (κ1) is 25.6. The minimum absolute atomic E-state index is 0. The van der Waals surface area contributed by atoms with Crippen molar-refractivity contribution in [2.24, 2.45) is 11.8 Å². The van der Waals surface area contributed by atoms with Gasteiger partial charge in [0.25, 0.3) is 0 Å². The van der Waals surface area contributed by atoms with E-state index < -0.39 is 0 Å². The van der Waals surface area contributed by atoms with E-state index in [4.69, 9.17) is 19.3 Å². The van der Waals surface area contributed by atoms with Crippen LogP contribution in [0.15, 0.2) is 0 Å². The minimum atomic E-state index is -0.170. The summed E-state index contributed by atoms with van der Waals surface area (Å²) in [4.78, 5) is 22.2. The SMILES string of the molecule is CO.O=C(OC1CO[C@@H]2CCO[C@H]12)C1CCCCC1.O=CC1CC[CH-]CC1.[V]. The maximum Gasteiger partial charge on any atom is 0.309 e. The first-order chi connectivity index (χ1) is 13.3. The Morgan fingerprint density at radius 3 is 2.32 bits per heavy atom. The van der Waals surface area contributed by atoms with Gasteiger partial charge in [0.05, 0.1) is 18.6 Å². The summed E-state index contributed by atoms with van der Waals surface area (Å²) in [6.07, 6.45) is 14.3. The molecule has 6 nitrogen and oxygen atoms in total. The molecule has 0 aromatic carbocycles. The smallest absolute Gasteiger partial charge is 0.309 e. The summed E-state index contributed by atoms with van der Waals surface area (Å²) in [6, 6.07) is 0. The molecule has 0 amide bonds. The zero-order valence-electron chi connectivity index (χ0n) is 17.0. The van der Waals surface area contributed by atoms with Gasteiger partial charge in [0, 0.05) is 38.2 Å². The van der Waals surface area contributed by atoms with E-state index in [1.807, 2.05) is 0 Å². The van der Waals surface area contributed by atoms with Crippen molar-refractivity contribution in [1.29, 1.82) is 0 Å². The molecule has 4 fully saturated rings. The first-order valence-corrected chi connectivity index (χ1v) is 10.4.